The second-order valence-corrected chi connectivity index (χ2v) is 5.02. The molecule has 0 aliphatic heterocycles. The van der Waals surface area contributed by atoms with Crippen LogP contribution in [0.1, 0.15) is 21.5 Å². The first-order chi connectivity index (χ1) is 11.8. The van der Waals surface area contributed by atoms with Crippen LogP contribution in [0.5, 0.6) is 0 Å². The summed E-state index contributed by atoms with van der Waals surface area (Å²) in [6, 6.07) is 19.3. The average molecular weight is 309 g/mol. The van der Waals surface area contributed by atoms with E-state index in [2.05, 4.69) is 9.83 Å². The van der Waals surface area contributed by atoms with Gasteiger partial charge in [0.05, 0.1) is 23.9 Å². The lowest BCUT2D eigenvalue weighted by Crippen LogP contribution is -2.05. The summed E-state index contributed by atoms with van der Waals surface area (Å²) in [5, 5.41) is 9.37. The summed E-state index contributed by atoms with van der Waals surface area (Å²) in [4.78, 5) is 20.7. The topological polar surface area (TPSA) is 58.1 Å². The summed E-state index contributed by atoms with van der Waals surface area (Å²) in [5.74, 6) is -0.337. The largest absolute Gasteiger partial charge is 0.290 e. The van der Waals surface area contributed by atoms with Crippen LogP contribution in [0.3, 0.4) is 0 Å². The Kier molecular flexibility index (Phi) is 4.14. The molecule has 1 aromatic heterocycles. The van der Waals surface area contributed by atoms with Crippen molar-refractivity contribution in [2.75, 3.05) is 0 Å². The molecule has 24 heavy (non-hydrogen) atoms. The number of hydrogen-bond donors (Lipinski definition) is 0. The maximum Gasteiger partial charge on any atom is 0.208 e. The van der Waals surface area contributed by atoms with Gasteiger partial charge in [0.15, 0.2) is 5.78 Å². The van der Waals surface area contributed by atoms with Gasteiger partial charge in [-0.1, -0.05) is 42.5 Å². The molecule has 0 N–H and O–H groups in total. The molecule has 0 saturated carbocycles. The molecule has 0 spiro atoms. The summed E-state index contributed by atoms with van der Waals surface area (Å²) >= 11 is 0. The molecule has 0 aliphatic carbocycles. The number of pyridine rings is 1. The number of ketones is 1. The standard InChI is InChI=1S/C20H11N3O/c1-22-19-16(17-9-5-6-12-23-17)11-10-15(13-21)18(19)20(24)14-7-3-2-4-8-14/h2-12H. The Morgan fingerprint density at radius 2 is 1.79 bits per heavy atom. The molecular weight excluding hydrogens is 298 g/mol. The monoisotopic (exact) mass is 309 g/mol. The molecule has 3 aromatic rings. The van der Waals surface area contributed by atoms with E-state index in [1.54, 1.807) is 54.7 Å². The van der Waals surface area contributed by atoms with E-state index in [0.717, 1.165) is 0 Å². The van der Waals surface area contributed by atoms with Gasteiger partial charge in [-0.25, -0.2) is 4.85 Å². The number of rotatable bonds is 3. The van der Waals surface area contributed by atoms with Crippen molar-refractivity contribution >= 4 is 11.5 Å². The van der Waals surface area contributed by atoms with Crippen LogP contribution in [0.25, 0.3) is 16.1 Å². The third kappa shape index (κ3) is 2.65. The first-order valence-corrected chi connectivity index (χ1v) is 7.22. The number of nitrogens with zero attached hydrogens (tertiary/aromatic N) is 3. The molecule has 0 amide bonds. The van der Waals surface area contributed by atoms with Crippen LogP contribution in [-0.2, 0) is 0 Å². The summed E-state index contributed by atoms with van der Waals surface area (Å²) in [5.41, 5.74) is 2.05. The fraction of sp³-hybridized carbons (Fsp3) is 0. The second-order valence-electron chi connectivity index (χ2n) is 5.02. The van der Waals surface area contributed by atoms with Crippen LogP contribution in [0, 0.1) is 17.9 Å². The number of benzene rings is 2. The van der Waals surface area contributed by atoms with E-state index in [-0.39, 0.29) is 22.6 Å². The molecule has 0 radical (unpaired) electrons. The molecule has 0 saturated heterocycles. The molecule has 4 heteroatoms. The number of aromatic nitrogens is 1. The normalized spacial score (nSPS) is 9.75. The van der Waals surface area contributed by atoms with Gasteiger partial charge in [0.2, 0.25) is 5.69 Å². The zero-order valence-corrected chi connectivity index (χ0v) is 12.6. The summed E-state index contributed by atoms with van der Waals surface area (Å²) in [6.07, 6.45) is 1.62. The molecule has 0 bridgehead atoms. The van der Waals surface area contributed by atoms with Gasteiger partial charge in [-0.05, 0) is 18.2 Å². The van der Waals surface area contributed by atoms with Crippen LogP contribution in [-0.4, -0.2) is 10.8 Å². The van der Waals surface area contributed by atoms with Crippen molar-refractivity contribution in [3.8, 4) is 17.3 Å². The van der Waals surface area contributed by atoms with E-state index in [4.69, 9.17) is 6.57 Å². The van der Waals surface area contributed by atoms with E-state index in [9.17, 15) is 10.1 Å². The number of carbonyl (C=O) groups excluding carboxylic acids is 1. The van der Waals surface area contributed by atoms with Gasteiger partial charge < -0.3 is 0 Å². The van der Waals surface area contributed by atoms with Crippen molar-refractivity contribution < 1.29 is 4.79 Å². The highest BCUT2D eigenvalue weighted by molar-refractivity contribution is 6.15. The van der Waals surface area contributed by atoms with E-state index in [1.165, 1.54) is 0 Å². The Hall–Kier alpha value is -3.76. The Balaban J connectivity index is 2.27. The molecule has 4 nitrogen and oxygen atoms in total. The minimum atomic E-state index is -0.337. The van der Waals surface area contributed by atoms with Gasteiger partial charge in [-0.15, -0.1) is 0 Å². The summed E-state index contributed by atoms with van der Waals surface area (Å²) in [6.45, 7) is 7.54. The van der Waals surface area contributed by atoms with Gasteiger partial charge in [0.1, 0.15) is 0 Å². The third-order valence-electron chi connectivity index (χ3n) is 3.61. The molecular formula is C20H11N3O. The second kappa shape index (κ2) is 6.56. The quantitative estimate of drug-likeness (QED) is 0.532. The molecule has 112 valence electrons. The number of hydrogen-bond acceptors (Lipinski definition) is 3. The minimum absolute atomic E-state index is 0.127. The molecule has 3 rings (SSSR count). The van der Waals surface area contributed by atoms with E-state index in [0.29, 0.717) is 16.8 Å². The average Bonchev–Trinajstić information content (AvgIpc) is 2.67. The zero-order chi connectivity index (χ0) is 16.9. The Labute approximate surface area is 139 Å². The first kappa shape index (κ1) is 15.1. The lowest BCUT2D eigenvalue weighted by molar-refractivity contribution is 0.103. The van der Waals surface area contributed by atoms with Gasteiger partial charge in [-0.2, -0.15) is 5.26 Å². The van der Waals surface area contributed by atoms with E-state index in [1.807, 2.05) is 18.2 Å². The van der Waals surface area contributed by atoms with Gasteiger partial charge in [0, 0.05) is 22.9 Å². The van der Waals surface area contributed by atoms with Crippen molar-refractivity contribution in [3.63, 3.8) is 0 Å². The van der Waals surface area contributed by atoms with E-state index < -0.39 is 0 Å². The van der Waals surface area contributed by atoms with Gasteiger partial charge >= 0.3 is 0 Å². The van der Waals surface area contributed by atoms with Crippen LogP contribution in [0.4, 0.5) is 5.69 Å². The highest BCUT2D eigenvalue weighted by atomic mass is 16.1. The van der Waals surface area contributed by atoms with Crippen LogP contribution in [0.15, 0.2) is 66.9 Å². The fourth-order valence-corrected chi connectivity index (χ4v) is 2.49. The SMILES string of the molecule is [C-]#[N+]c1c(-c2ccccn2)ccc(C#N)c1C(=O)c1ccccc1. The first-order valence-electron chi connectivity index (χ1n) is 7.22. The predicted molar refractivity (Wildman–Crippen MR) is 90.5 cm³/mol. The van der Waals surface area contributed by atoms with Crippen molar-refractivity contribution in [1.82, 2.24) is 4.98 Å². The molecule has 0 unspecified atom stereocenters. The highest BCUT2D eigenvalue weighted by Crippen LogP contribution is 2.35. The Morgan fingerprint density at radius 1 is 1.04 bits per heavy atom. The number of nitriles is 1. The maximum atomic E-state index is 12.9. The Morgan fingerprint density at radius 3 is 2.42 bits per heavy atom. The number of carbonyl (C=O) groups is 1. The van der Waals surface area contributed by atoms with Crippen LogP contribution < -0.4 is 0 Å². The summed E-state index contributed by atoms with van der Waals surface area (Å²) < 4.78 is 0. The van der Waals surface area contributed by atoms with Crippen LogP contribution in [0.2, 0.25) is 0 Å². The van der Waals surface area contributed by atoms with Crippen molar-refractivity contribution in [1.29, 1.82) is 5.26 Å². The molecule has 2 aromatic carbocycles. The maximum absolute atomic E-state index is 12.9. The molecule has 0 fully saturated rings. The van der Waals surface area contributed by atoms with Gasteiger partial charge in [0.25, 0.3) is 0 Å². The minimum Gasteiger partial charge on any atom is -0.290 e. The fourth-order valence-electron chi connectivity index (χ4n) is 2.49. The zero-order valence-electron chi connectivity index (χ0n) is 12.6. The predicted octanol–water partition coefficient (Wildman–Crippen LogP) is 4.40. The molecule has 1 heterocycles. The highest BCUT2D eigenvalue weighted by Gasteiger charge is 2.22. The molecule has 0 aliphatic rings. The lowest BCUT2D eigenvalue weighted by Gasteiger charge is -2.10. The summed E-state index contributed by atoms with van der Waals surface area (Å²) in [7, 11) is 0. The van der Waals surface area contributed by atoms with Crippen molar-refractivity contribution in [2.24, 2.45) is 0 Å². The van der Waals surface area contributed by atoms with Crippen molar-refractivity contribution in [3.05, 3.63) is 95.0 Å². The smallest absolute Gasteiger partial charge is 0.208 e. The van der Waals surface area contributed by atoms with Crippen molar-refractivity contribution in [2.45, 2.75) is 0 Å². The van der Waals surface area contributed by atoms with Gasteiger partial charge in [-0.3, -0.25) is 9.78 Å². The van der Waals surface area contributed by atoms with E-state index >= 15 is 0 Å². The third-order valence-corrected chi connectivity index (χ3v) is 3.61. The Bertz CT molecular complexity index is 981. The molecule has 0 atom stereocenters. The lowest BCUT2D eigenvalue weighted by atomic mass is 9.93. The van der Waals surface area contributed by atoms with Crippen LogP contribution >= 0.6 is 0 Å².